The first-order chi connectivity index (χ1) is 29.2. The molecule has 356 valence electrons. The van der Waals surface area contributed by atoms with Crippen LogP contribution in [0, 0.1) is 45.3 Å². The molecule has 64 heavy (non-hydrogen) atoms. The van der Waals surface area contributed by atoms with E-state index in [-0.39, 0.29) is 73.1 Å². The van der Waals surface area contributed by atoms with Gasteiger partial charge in [-0.3, -0.25) is 38.4 Å². The van der Waals surface area contributed by atoms with Crippen molar-refractivity contribution in [2.24, 2.45) is 45.3 Å². The lowest BCUT2D eigenvalue weighted by molar-refractivity contribution is -0.155. The second-order valence-corrected chi connectivity index (χ2v) is 21.7. The Balaban J connectivity index is 0.000000340. The molecule has 4 N–H and O–H groups in total. The summed E-state index contributed by atoms with van der Waals surface area (Å²) in [6, 6.07) is 0. The van der Waals surface area contributed by atoms with Crippen molar-refractivity contribution >= 4 is 46.3 Å². The summed E-state index contributed by atoms with van der Waals surface area (Å²) < 4.78 is 0. The van der Waals surface area contributed by atoms with Crippen molar-refractivity contribution in [3.05, 3.63) is 46.0 Å². The Kier molecular flexibility index (Phi) is 16.7. The largest absolute Gasteiger partial charge is 0.510 e. The van der Waals surface area contributed by atoms with Gasteiger partial charge in [-0.25, -0.2) is 0 Å². The Bertz CT molecular complexity index is 1920. The van der Waals surface area contributed by atoms with Crippen LogP contribution in [0.5, 0.6) is 0 Å². The molecular formula is C52H76O12. The van der Waals surface area contributed by atoms with Gasteiger partial charge < -0.3 is 20.4 Å². The van der Waals surface area contributed by atoms with Gasteiger partial charge in [-0.15, -0.1) is 0 Å². The number of aliphatic hydroxyl groups excluding tert-OH is 2. The first-order valence-electron chi connectivity index (χ1n) is 23.1. The topological polar surface area (TPSA) is 217 Å². The highest BCUT2D eigenvalue weighted by Gasteiger charge is 2.64. The van der Waals surface area contributed by atoms with Crippen LogP contribution in [0.15, 0.2) is 46.0 Å². The van der Waals surface area contributed by atoms with Crippen molar-refractivity contribution in [2.45, 2.75) is 185 Å². The minimum absolute atomic E-state index is 0.0101. The molecule has 0 unspecified atom stereocenters. The molecule has 0 amide bonds. The third-order valence-electron chi connectivity index (χ3n) is 14.6. The summed E-state index contributed by atoms with van der Waals surface area (Å²) in [6.45, 7) is 23.1. The van der Waals surface area contributed by atoms with Crippen molar-refractivity contribution in [3.8, 4) is 0 Å². The highest BCUT2D eigenvalue weighted by Crippen LogP contribution is 2.55. The van der Waals surface area contributed by atoms with Crippen molar-refractivity contribution in [1.82, 2.24) is 0 Å². The second kappa shape index (κ2) is 19.7. The molecule has 0 aromatic rings. The molecule has 8 atom stereocenters. The Morgan fingerprint density at radius 1 is 0.578 bits per heavy atom. The van der Waals surface area contributed by atoms with E-state index in [1.165, 1.54) is 13.8 Å². The van der Waals surface area contributed by atoms with Crippen LogP contribution in [-0.2, 0) is 38.4 Å². The van der Waals surface area contributed by atoms with Gasteiger partial charge in [0.15, 0.2) is 34.7 Å². The zero-order valence-corrected chi connectivity index (χ0v) is 41.0. The third kappa shape index (κ3) is 10.4. The number of ketones is 8. The van der Waals surface area contributed by atoms with E-state index in [4.69, 9.17) is 0 Å². The maximum Gasteiger partial charge on any atom is 0.183 e. The van der Waals surface area contributed by atoms with Gasteiger partial charge in [0.05, 0.1) is 22.0 Å². The quantitative estimate of drug-likeness (QED) is 0.0649. The average Bonchev–Trinajstić information content (AvgIpc) is 3.70. The van der Waals surface area contributed by atoms with Gasteiger partial charge in [-0.05, 0) is 132 Å². The van der Waals surface area contributed by atoms with E-state index < -0.39 is 90.9 Å². The van der Waals surface area contributed by atoms with Crippen molar-refractivity contribution in [3.63, 3.8) is 0 Å². The third-order valence-corrected chi connectivity index (χ3v) is 14.6. The van der Waals surface area contributed by atoms with Crippen LogP contribution in [0.4, 0.5) is 0 Å². The summed E-state index contributed by atoms with van der Waals surface area (Å²) in [5.41, 5.74) is -7.56. The molecule has 4 aliphatic rings. The highest BCUT2D eigenvalue weighted by atomic mass is 16.3. The van der Waals surface area contributed by atoms with Gasteiger partial charge in [-0.2, -0.15) is 0 Å². The smallest absolute Gasteiger partial charge is 0.183 e. The van der Waals surface area contributed by atoms with E-state index in [9.17, 15) is 58.8 Å². The summed E-state index contributed by atoms with van der Waals surface area (Å²) in [5, 5.41) is 44.1. The molecule has 0 radical (unpaired) electrons. The summed E-state index contributed by atoms with van der Waals surface area (Å²) in [6.07, 6.45) is 6.97. The highest BCUT2D eigenvalue weighted by molar-refractivity contribution is 6.33. The molecule has 2 saturated carbocycles. The molecule has 4 aliphatic carbocycles. The van der Waals surface area contributed by atoms with Crippen molar-refractivity contribution in [2.75, 3.05) is 0 Å². The lowest BCUT2D eigenvalue weighted by atomic mass is 9.54. The van der Waals surface area contributed by atoms with Crippen LogP contribution in [0.3, 0.4) is 0 Å². The zero-order valence-electron chi connectivity index (χ0n) is 41.0. The number of hydrogen-bond donors (Lipinski definition) is 4. The molecule has 0 aliphatic heterocycles. The molecular weight excluding hydrogens is 817 g/mol. The predicted molar refractivity (Wildman–Crippen MR) is 244 cm³/mol. The van der Waals surface area contributed by atoms with Gasteiger partial charge in [-0.1, -0.05) is 63.8 Å². The number of hydrogen-bond acceptors (Lipinski definition) is 12. The molecule has 4 rings (SSSR count). The average molecular weight is 893 g/mol. The lowest BCUT2D eigenvalue weighted by Crippen LogP contribution is -2.56. The molecule has 12 nitrogen and oxygen atoms in total. The number of carbonyl (C=O) groups excluding carboxylic acids is 8. The van der Waals surface area contributed by atoms with Gasteiger partial charge >= 0.3 is 0 Å². The van der Waals surface area contributed by atoms with Crippen molar-refractivity contribution in [1.29, 1.82) is 0 Å². The zero-order chi connectivity index (χ0) is 49.3. The fourth-order valence-corrected chi connectivity index (χ4v) is 10.6. The van der Waals surface area contributed by atoms with Crippen LogP contribution in [0.25, 0.3) is 0 Å². The fourth-order valence-electron chi connectivity index (χ4n) is 10.6. The minimum Gasteiger partial charge on any atom is -0.510 e. The monoisotopic (exact) mass is 893 g/mol. The Morgan fingerprint density at radius 2 is 0.875 bits per heavy atom. The van der Waals surface area contributed by atoms with Gasteiger partial charge in [0.1, 0.15) is 45.1 Å². The first-order valence-corrected chi connectivity index (χ1v) is 23.1. The van der Waals surface area contributed by atoms with Crippen LogP contribution in [0.1, 0.15) is 174 Å². The lowest BCUT2D eigenvalue weighted by Gasteiger charge is -2.45. The molecule has 0 bridgehead atoms. The SMILES string of the molecule is CC(=O)C[C@@]1(C[C@H]2CCC[C@@]2(C)O)C(=O)C(C(=O)C(C)C)=C(O)[C@](C)(CC=C(C)C)C1=O.CC(=O)C[C@@]1(C[C@H]2CCC[C@@]2(C)O)C(=O)C(C(=O)C(C)C)=C(O)[C@](C)(CC=C(C)C)C1=O. The van der Waals surface area contributed by atoms with Crippen LogP contribution >= 0.6 is 0 Å². The van der Waals surface area contributed by atoms with Gasteiger partial charge in [0.25, 0.3) is 0 Å². The predicted octanol–water partition coefficient (Wildman–Crippen LogP) is 8.89. The van der Waals surface area contributed by atoms with E-state index in [0.29, 0.717) is 25.7 Å². The van der Waals surface area contributed by atoms with E-state index in [0.717, 1.165) is 24.0 Å². The van der Waals surface area contributed by atoms with E-state index >= 15 is 0 Å². The summed E-state index contributed by atoms with van der Waals surface area (Å²) in [7, 11) is 0. The first kappa shape index (κ1) is 54.2. The molecule has 0 aromatic carbocycles. The molecule has 0 heterocycles. The van der Waals surface area contributed by atoms with E-state index in [2.05, 4.69) is 0 Å². The Hall–Kier alpha value is -4.16. The normalized spacial score (nSPS) is 33.1. The van der Waals surface area contributed by atoms with Gasteiger partial charge in [0, 0.05) is 24.7 Å². The Labute approximate surface area is 380 Å². The molecule has 0 spiro atoms. The van der Waals surface area contributed by atoms with Crippen LogP contribution in [-0.4, -0.2) is 77.9 Å². The van der Waals surface area contributed by atoms with Crippen LogP contribution < -0.4 is 0 Å². The number of carbonyl (C=O) groups is 8. The van der Waals surface area contributed by atoms with Gasteiger partial charge in [0.2, 0.25) is 0 Å². The van der Waals surface area contributed by atoms with E-state index in [1.807, 2.05) is 27.7 Å². The molecule has 2 fully saturated rings. The second-order valence-electron chi connectivity index (χ2n) is 21.7. The van der Waals surface area contributed by atoms with Crippen LogP contribution in [0.2, 0.25) is 0 Å². The summed E-state index contributed by atoms with van der Waals surface area (Å²) in [5.74, 6) is -7.23. The summed E-state index contributed by atoms with van der Waals surface area (Å²) >= 11 is 0. The fraction of sp³-hybridized carbons (Fsp3) is 0.692. The standard InChI is InChI=1S/2C26H38O6/c2*1-15(2)10-12-24(6)21(29)19(20(28)16(3)4)22(30)26(23(24)31,13-17(5)27)14-18-9-8-11-25(18,7)32/h2*10,16,18,29,32H,8-9,11-14H2,1-7H3/t2*18-,24+,25-,26-/m11/s1. The minimum atomic E-state index is -1.78. The molecule has 0 aromatic heterocycles. The molecule has 0 saturated heterocycles. The molecule has 12 heteroatoms. The summed E-state index contributed by atoms with van der Waals surface area (Å²) in [4.78, 5) is 107. The number of allylic oxidation sites excluding steroid dienone is 8. The number of aliphatic hydroxyl groups is 4. The maximum absolute atomic E-state index is 14.1. The Morgan fingerprint density at radius 3 is 1.09 bits per heavy atom. The number of Topliss-reactive ketones (excluding diaryl/α,β-unsaturated/α-hetero) is 8. The van der Waals surface area contributed by atoms with E-state index in [1.54, 1.807) is 67.5 Å². The van der Waals surface area contributed by atoms with Crippen molar-refractivity contribution < 1.29 is 58.8 Å². The number of rotatable bonds is 16. The maximum atomic E-state index is 14.1.